The van der Waals surface area contributed by atoms with E-state index in [1.165, 1.54) is 31.2 Å². The Morgan fingerprint density at radius 3 is 2.96 bits per heavy atom. The molecule has 6 unspecified atom stereocenters. The van der Waals surface area contributed by atoms with Crippen LogP contribution in [0, 0.1) is 5.92 Å². The molecule has 27 heavy (non-hydrogen) atoms. The molecule has 3 aliphatic heterocycles. The Hall–Kier alpha value is -1.17. The van der Waals surface area contributed by atoms with Gasteiger partial charge in [0, 0.05) is 43.5 Å². The van der Waals surface area contributed by atoms with Crippen LogP contribution >= 0.6 is 0 Å². The van der Waals surface area contributed by atoms with Crippen LogP contribution in [-0.4, -0.2) is 53.8 Å². The SMILES string of the molecule is c1cc(CCNC2NCC3C(N2)NC2CCCCC2N2NNNC32)ccn1. The maximum absolute atomic E-state index is 4.08. The van der Waals surface area contributed by atoms with Gasteiger partial charge in [0.1, 0.15) is 6.29 Å². The minimum Gasteiger partial charge on any atom is -0.297 e. The smallest absolute Gasteiger partial charge is 0.113 e. The number of hydrogen-bond donors (Lipinski definition) is 7. The molecule has 1 aromatic heterocycles. The van der Waals surface area contributed by atoms with Crippen LogP contribution in [0.25, 0.3) is 0 Å². The molecule has 148 valence electrons. The lowest BCUT2D eigenvalue weighted by molar-refractivity contribution is 0.0503. The largest absolute Gasteiger partial charge is 0.297 e. The van der Waals surface area contributed by atoms with Crippen molar-refractivity contribution in [2.75, 3.05) is 13.1 Å². The number of rotatable bonds is 4. The normalized spacial score (nSPS) is 39.3. The van der Waals surface area contributed by atoms with Gasteiger partial charge in [-0.1, -0.05) is 12.8 Å². The molecule has 6 atom stereocenters. The van der Waals surface area contributed by atoms with Gasteiger partial charge in [-0.25, -0.2) is 10.4 Å². The fraction of sp³-hybridized carbons (Fsp3) is 0.722. The van der Waals surface area contributed by atoms with E-state index in [1.807, 2.05) is 12.4 Å². The molecular weight excluding hydrogens is 342 g/mol. The van der Waals surface area contributed by atoms with Crippen molar-refractivity contribution in [3.63, 3.8) is 0 Å². The van der Waals surface area contributed by atoms with Gasteiger partial charge in [0.25, 0.3) is 0 Å². The Labute approximate surface area is 160 Å². The second-order valence-corrected chi connectivity index (χ2v) is 8.07. The van der Waals surface area contributed by atoms with Crippen LogP contribution in [0.1, 0.15) is 31.2 Å². The van der Waals surface area contributed by atoms with Gasteiger partial charge in [-0.3, -0.25) is 26.3 Å². The van der Waals surface area contributed by atoms with E-state index < -0.39 is 0 Å². The minimum absolute atomic E-state index is 0.122. The summed E-state index contributed by atoms with van der Waals surface area (Å²) in [6.07, 6.45) is 10.5. The summed E-state index contributed by atoms with van der Waals surface area (Å²) in [6.45, 7) is 1.88. The van der Waals surface area contributed by atoms with Crippen LogP contribution in [0.5, 0.6) is 0 Å². The average molecular weight is 374 g/mol. The van der Waals surface area contributed by atoms with Crippen molar-refractivity contribution in [2.24, 2.45) is 5.92 Å². The summed E-state index contributed by atoms with van der Waals surface area (Å²) in [6, 6.07) is 5.20. The molecule has 0 bridgehead atoms. The number of pyridine rings is 1. The van der Waals surface area contributed by atoms with Gasteiger partial charge in [-0.05, 0) is 37.0 Å². The van der Waals surface area contributed by atoms with Crippen molar-refractivity contribution in [1.29, 1.82) is 0 Å². The molecule has 1 aliphatic carbocycles. The number of fused-ring (bicyclic) bond motifs is 5. The molecule has 4 heterocycles. The summed E-state index contributed by atoms with van der Waals surface area (Å²) >= 11 is 0. The van der Waals surface area contributed by atoms with E-state index in [4.69, 9.17) is 0 Å². The summed E-state index contributed by atoms with van der Waals surface area (Å²) in [5.74, 6) is 0.427. The summed E-state index contributed by atoms with van der Waals surface area (Å²) in [7, 11) is 0. The maximum Gasteiger partial charge on any atom is 0.113 e. The fourth-order valence-electron chi connectivity index (χ4n) is 5.02. The molecule has 1 aromatic rings. The van der Waals surface area contributed by atoms with E-state index in [-0.39, 0.29) is 18.6 Å². The van der Waals surface area contributed by atoms with Gasteiger partial charge in [0.2, 0.25) is 0 Å². The van der Waals surface area contributed by atoms with E-state index >= 15 is 0 Å². The lowest BCUT2D eigenvalue weighted by Crippen LogP contribution is -2.70. The molecule has 1 saturated carbocycles. The molecule has 3 saturated heterocycles. The molecule has 0 amide bonds. The summed E-state index contributed by atoms with van der Waals surface area (Å²) < 4.78 is 0. The first-order valence-corrected chi connectivity index (χ1v) is 10.3. The molecule has 5 rings (SSSR count). The van der Waals surface area contributed by atoms with Gasteiger partial charge in [-0.2, -0.15) is 11.1 Å². The number of nitrogens with one attached hydrogen (secondary N) is 7. The highest BCUT2D eigenvalue weighted by Crippen LogP contribution is 2.30. The van der Waals surface area contributed by atoms with Crippen LogP contribution in [-0.2, 0) is 6.42 Å². The third-order valence-corrected chi connectivity index (χ3v) is 6.43. The first-order chi connectivity index (χ1) is 13.4. The van der Waals surface area contributed by atoms with Crippen molar-refractivity contribution in [1.82, 2.24) is 47.8 Å². The lowest BCUT2D eigenvalue weighted by atomic mass is 9.90. The molecule has 0 aromatic carbocycles. The first-order valence-electron chi connectivity index (χ1n) is 10.3. The zero-order valence-electron chi connectivity index (χ0n) is 15.6. The molecule has 0 radical (unpaired) electrons. The molecule has 7 N–H and O–H groups in total. The Morgan fingerprint density at radius 2 is 2.04 bits per heavy atom. The highest BCUT2D eigenvalue weighted by atomic mass is 15.9. The van der Waals surface area contributed by atoms with Crippen molar-refractivity contribution < 1.29 is 0 Å². The van der Waals surface area contributed by atoms with Crippen LogP contribution in [0.4, 0.5) is 0 Å². The van der Waals surface area contributed by atoms with Gasteiger partial charge in [-0.15, -0.1) is 0 Å². The number of hydrogen-bond acceptors (Lipinski definition) is 9. The third-order valence-electron chi connectivity index (χ3n) is 6.43. The zero-order chi connectivity index (χ0) is 18.1. The number of aromatic nitrogens is 1. The van der Waals surface area contributed by atoms with E-state index in [2.05, 4.69) is 59.9 Å². The number of hydrazine groups is 3. The summed E-state index contributed by atoms with van der Waals surface area (Å²) in [5, 5.41) is 17.3. The summed E-state index contributed by atoms with van der Waals surface area (Å²) in [4.78, 5) is 4.08. The van der Waals surface area contributed by atoms with Gasteiger partial charge >= 0.3 is 0 Å². The van der Waals surface area contributed by atoms with Gasteiger partial charge < -0.3 is 0 Å². The predicted octanol–water partition coefficient (Wildman–Crippen LogP) is -1.30. The Bertz CT molecular complexity index is 614. The summed E-state index contributed by atoms with van der Waals surface area (Å²) in [5.41, 5.74) is 11.2. The van der Waals surface area contributed by atoms with Crippen LogP contribution in [0.2, 0.25) is 0 Å². The lowest BCUT2D eigenvalue weighted by Gasteiger charge is -2.41. The van der Waals surface area contributed by atoms with E-state index in [1.54, 1.807) is 0 Å². The first kappa shape index (κ1) is 17.9. The topological polar surface area (TPSA) is 100 Å². The molecule has 0 spiro atoms. The minimum atomic E-state index is 0.122. The molecule has 4 fully saturated rings. The fourth-order valence-corrected chi connectivity index (χ4v) is 5.02. The van der Waals surface area contributed by atoms with E-state index in [0.29, 0.717) is 18.0 Å². The van der Waals surface area contributed by atoms with Gasteiger partial charge in [0.05, 0.1) is 12.3 Å². The molecule has 9 heteroatoms. The van der Waals surface area contributed by atoms with Crippen molar-refractivity contribution in [2.45, 2.75) is 62.8 Å². The van der Waals surface area contributed by atoms with Gasteiger partial charge in [0.15, 0.2) is 0 Å². The quantitative estimate of drug-likeness (QED) is 0.347. The third kappa shape index (κ3) is 3.74. The predicted molar refractivity (Wildman–Crippen MR) is 102 cm³/mol. The second-order valence-electron chi connectivity index (χ2n) is 8.07. The maximum atomic E-state index is 4.08. The molecule has 9 nitrogen and oxygen atoms in total. The van der Waals surface area contributed by atoms with Crippen LogP contribution in [0.3, 0.4) is 0 Å². The van der Waals surface area contributed by atoms with E-state index in [9.17, 15) is 0 Å². The van der Waals surface area contributed by atoms with Crippen molar-refractivity contribution in [3.05, 3.63) is 30.1 Å². The molecule has 4 aliphatic rings. The van der Waals surface area contributed by atoms with Crippen LogP contribution < -0.4 is 37.8 Å². The highest BCUT2D eigenvalue weighted by Gasteiger charge is 2.48. The highest BCUT2D eigenvalue weighted by molar-refractivity contribution is 5.10. The Morgan fingerprint density at radius 1 is 1.15 bits per heavy atom. The number of nitrogens with zero attached hydrogens (tertiary/aromatic N) is 2. The molecular formula is C18H31N9. The standard InChI is InChI=1S/C18H31N9/c1-2-4-15-14(3-1)22-16-13(17-24-25-26-27(15)17)11-21-18(23-16)20-10-7-12-5-8-19-9-6-12/h5-6,8-9,13-18,20-26H,1-4,7,10-11H2. The second kappa shape index (κ2) is 8.06. The monoisotopic (exact) mass is 373 g/mol. The average Bonchev–Trinajstić information content (AvgIpc) is 3.14. The van der Waals surface area contributed by atoms with Crippen LogP contribution in [0.15, 0.2) is 24.5 Å². The Kier molecular flexibility index (Phi) is 5.34. The Balaban J connectivity index is 1.22. The van der Waals surface area contributed by atoms with E-state index in [0.717, 1.165) is 19.5 Å². The zero-order valence-corrected chi connectivity index (χ0v) is 15.6. The van der Waals surface area contributed by atoms with Crippen molar-refractivity contribution in [3.8, 4) is 0 Å². The van der Waals surface area contributed by atoms with Crippen molar-refractivity contribution >= 4 is 0 Å².